The van der Waals surface area contributed by atoms with E-state index in [-0.39, 0.29) is 38.5 Å². The molecule has 4 amide bonds. The molecular weight excluding hydrogens is 294 g/mol. The first kappa shape index (κ1) is 19.5. The lowest BCUT2D eigenvalue weighted by Crippen LogP contribution is -2.45. The zero-order valence-corrected chi connectivity index (χ0v) is 12.4. The molecule has 22 heavy (non-hydrogen) atoms. The normalized spacial score (nSPS) is 9.55. The molecule has 6 N–H and O–H groups in total. The second-order valence-corrected chi connectivity index (χ2v) is 4.20. The van der Waals surface area contributed by atoms with E-state index in [1.165, 1.54) is 0 Å². The Balaban J connectivity index is 3.77. The van der Waals surface area contributed by atoms with Gasteiger partial charge in [-0.15, -0.1) is 0 Å². The number of carbonyl (C=O) groups excluding carboxylic acids is 5. The van der Waals surface area contributed by atoms with Crippen molar-refractivity contribution in [3.63, 3.8) is 0 Å². The summed E-state index contributed by atoms with van der Waals surface area (Å²) in [5.41, 5.74) is 5.03. The SMILES string of the molecule is CCC(=O)CNC(=O)CNC(=O)CNC(=O)CNC(=O)CN. The molecule has 0 aliphatic heterocycles. The van der Waals surface area contributed by atoms with Crippen LogP contribution in [0.15, 0.2) is 0 Å². The van der Waals surface area contributed by atoms with Gasteiger partial charge in [0.25, 0.3) is 0 Å². The van der Waals surface area contributed by atoms with Gasteiger partial charge in [-0.05, 0) is 0 Å². The van der Waals surface area contributed by atoms with Gasteiger partial charge in [-0.25, -0.2) is 0 Å². The smallest absolute Gasteiger partial charge is 0.239 e. The van der Waals surface area contributed by atoms with Crippen LogP contribution >= 0.6 is 0 Å². The lowest BCUT2D eigenvalue weighted by molar-refractivity contribution is -0.128. The minimum Gasteiger partial charge on any atom is -0.347 e. The molecule has 10 heteroatoms. The molecule has 0 aromatic rings. The molecule has 0 bridgehead atoms. The first-order valence-corrected chi connectivity index (χ1v) is 6.67. The fourth-order valence-corrected chi connectivity index (χ4v) is 1.12. The summed E-state index contributed by atoms with van der Waals surface area (Å²) in [6.07, 6.45) is 0.319. The summed E-state index contributed by atoms with van der Waals surface area (Å²) in [4.78, 5) is 55.7. The Morgan fingerprint density at radius 3 is 1.41 bits per heavy atom. The molecule has 0 atom stereocenters. The number of hydrogen-bond donors (Lipinski definition) is 5. The number of Topliss-reactive ketones (excluding diaryl/α,β-unsaturated/α-hetero) is 1. The van der Waals surface area contributed by atoms with Gasteiger partial charge in [0.2, 0.25) is 23.6 Å². The average molecular weight is 315 g/mol. The summed E-state index contributed by atoms with van der Waals surface area (Å²) in [7, 11) is 0. The van der Waals surface area contributed by atoms with Gasteiger partial charge in [-0.3, -0.25) is 24.0 Å². The van der Waals surface area contributed by atoms with E-state index in [1.807, 2.05) is 0 Å². The monoisotopic (exact) mass is 315 g/mol. The predicted octanol–water partition coefficient (Wildman–Crippen LogP) is -3.61. The number of amides is 4. The van der Waals surface area contributed by atoms with Gasteiger partial charge in [-0.1, -0.05) is 6.92 Å². The Morgan fingerprint density at radius 1 is 0.682 bits per heavy atom. The maximum Gasteiger partial charge on any atom is 0.239 e. The Hall–Kier alpha value is -2.49. The summed E-state index contributed by atoms with van der Waals surface area (Å²) in [5, 5.41) is 9.10. The first-order chi connectivity index (χ1) is 10.4. The standard InChI is InChI=1S/C12H21N5O5/c1-2-8(18)4-14-10(20)6-16-12(22)7-17-11(21)5-15-9(19)3-13/h2-7,13H2,1H3,(H,14,20)(H,15,19)(H,16,22)(H,17,21). The summed E-state index contributed by atoms with van der Waals surface area (Å²) in [5.74, 6) is -2.24. The Bertz CT molecular complexity index is 400. The van der Waals surface area contributed by atoms with Crippen LogP contribution in [0.5, 0.6) is 0 Å². The van der Waals surface area contributed by atoms with Gasteiger partial charge in [0, 0.05) is 6.42 Å². The first-order valence-electron chi connectivity index (χ1n) is 6.67. The Morgan fingerprint density at radius 2 is 1.05 bits per heavy atom. The number of hydrogen-bond acceptors (Lipinski definition) is 6. The van der Waals surface area contributed by atoms with Crippen molar-refractivity contribution in [2.45, 2.75) is 13.3 Å². The zero-order valence-electron chi connectivity index (χ0n) is 12.4. The van der Waals surface area contributed by atoms with Gasteiger partial charge in [-0.2, -0.15) is 0 Å². The number of ketones is 1. The third-order valence-electron chi connectivity index (χ3n) is 2.40. The van der Waals surface area contributed by atoms with E-state index < -0.39 is 23.6 Å². The van der Waals surface area contributed by atoms with Crippen molar-refractivity contribution in [3.8, 4) is 0 Å². The van der Waals surface area contributed by atoms with Gasteiger partial charge < -0.3 is 27.0 Å². The van der Waals surface area contributed by atoms with E-state index in [9.17, 15) is 24.0 Å². The molecule has 0 fully saturated rings. The van der Waals surface area contributed by atoms with E-state index in [2.05, 4.69) is 21.3 Å². The molecule has 0 heterocycles. The highest BCUT2D eigenvalue weighted by Crippen LogP contribution is 1.77. The van der Waals surface area contributed by atoms with Crippen molar-refractivity contribution in [1.29, 1.82) is 0 Å². The highest BCUT2D eigenvalue weighted by Gasteiger charge is 2.09. The third kappa shape index (κ3) is 10.3. The molecule has 0 unspecified atom stereocenters. The second kappa shape index (κ2) is 11.2. The van der Waals surface area contributed by atoms with Gasteiger partial charge in [0.15, 0.2) is 5.78 Å². The fraction of sp³-hybridized carbons (Fsp3) is 0.583. The third-order valence-corrected chi connectivity index (χ3v) is 2.40. The molecule has 0 rings (SSSR count). The molecule has 0 radical (unpaired) electrons. The second-order valence-electron chi connectivity index (χ2n) is 4.20. The van der Waals surface area contributed by atoms with Gasteiger partial charge in [0.05, 0.1) is 32.7 Å². The topological polar surface area (TPSA) is 159 Å². The van der Waals surface area contributed by atoms with Crippen molar-refractivity contribution >= 4 is 29.4 Å². The van der Waals surface area contributed by atoms with Crippen LogP contribution in [-0.4, -0.2) is 62.1 Å². The molecule has 0 aromatic heterocycles. The van der Waals surface area contributed by atoms with Crippen LogP contribution < -0.4 is 27.0 Å². The molecule has 0 aromatic carbocycles. The highest BCUT2D eigenvalue weighted by atomic mass is 16.2. The quantitative estimate of drug-likeness (QED) is 0.280. The molecule has 10 nitrogen and oxygen atoms in total. The van der Waals surface area contributed by atoms with Crippen molar-refractivity contribution in [1.82, 2.24) is 21.3 Å². The van der Waals surface area contributed by atoms with Crippen molar-refractivity contribution in [2.75, 3.05) is 32.7 Å². The van der Waals surface area contributed by atoms with Crippen LogP contribution in [-0.2, 0) is 24.0 Å². The Labute approximate surface area is 127 Å². The fourth-order valence-electron chi connectivity index (χ4n) is 1.12. The number of carbonyl (C=O) groups is 5. The molecule has 0 spiro atoms. The summed E-state index contributed by atoms with van der Waals surface area (Å²) in [6.45, 7) is 0.443. The van der Waals surface area contributed by atoms with Crippen LogP contribution in [0, 0.1) is 0 Å². The van der Waals surface area contributed by atoms with Crippen molar-refractivity contribution in [3.05, 3.63) is 0 Å². The van der Waals surface area contributed by atoms with E-state index in [1.54, 1.807) is 6.92 Å². The lowest BCUT2D eigenvalue weighted by Gasteiger charge is -2.08. The van der Waals surface area contributed by atoms with Crippen molar-refractivity contribution < 1.29 is 24.0 Å². The molecule has 0 saturated carbocycles. The predicted molar refractivity (Wildman–Crippen MR) is 76.4 cm³/mol. The van der Waals surface area contributed by atoms with Crippen LogP contribution in [0.4, 0.5) is 0 Å². The van der Waals surface area contributed by atoms with E-state index in [0.29, 0.717) is 6.42 Å². The van der Waals surface area contributed by atoms with Crippen LogP contribution in [0.3, 0.4) is 0 Å². The molecule has 124 valence electrons. The lowest BCUT2D eigenvalue weighted by atomic mass is 10.3. The minimum atomic E-state index is -0.574. The largest absolute Gasteiger partial charge is 0.347 e. The number of rotatable bonds is 10. The maximum atomic E-state index is 11.4. The molecule has 0 aliphatic rings. The average Bonchev–Trinajstić information content (AvgIpc) is 2.53. The maximum absolute atomic E-state index is 11.4. The molecular formula is C12H21N5O5. The molecule has 0 saturated heterocycles. The van der Waals surface area contributed by atoms with E-state index >= 15 is 0 Å². The minimum absolute atomic E-state index is 0.0806. The zero-order chi connectivity index (χ0) is 17.0. The summed E-state index contributed by atoms with van der Waals surface area (Å²) < 4.78 is 0. The van der Waals surface area contributed by atoms with Gasteiger partial charge in [0.1, 0.15) is 0 Å². The highest BCUT2D eigenvalue weighted by molar-refractivity contribution is 5.91. The number of nitrogens with two attached hydrogens (primary N) is 1. The molecule has 0 aliphatic carbocycles. The summed E-state index contributed by atoms with van der Waals surface area (Å²) >= 11 is 0. The van der Waals surface area contributed by atoms with Crippen LogP contribution in [0.25, 0.3) is 0 Å². The number of nitrogens with one attached hydrogen (secondary N) is 4. The Kier molecular flexibility index (Phi) is 9.93. The van der Waals surface area contributed by atoms with Crippen LogP contribution in [0.1, 0.15) is 13.3 Å². The van der Waals surface area contributed by atoms with Gasteiger partial charge >= 0.3 is 0 Å². The van der Waals surface area contributed by atoms with E-state index in [0.717, 1.165) is 0 Å². The summed E-state index contributed by atoms with van der Waals surface area (Å²) in [6, 6.07) is 0. The van der Waals surface area contributed by atoms with Crippen LogP contribution in [0.2, 0.25) is 0 Å². The van der Waals surface area contributed by atoms with Crippen molar-refractivity contribution in [2.24, 2.45) is 5.73 Å². The van der Waals surface area contributed by atoms with E-state index in [4.69, 9.17) is 5.73 Å².